The lowest BCUT2D eigenvalue weighted by atomic mass is 10.1. The van der Waals surface area contributed by atoms with Gasteiger partial charge in [-0.2, -0.15) is 5.26 Å². The Morgan fingerprint density at radius 2 is 1.84 bits per heavy atom. The third-order valence-corrected chi connectivity index (χ3v) is 5.27. The number of nitrogens with zero attached hydrogens (tertiary/aromatic N) is 1. The maximum absolute atomic E-state index is 13.9. The summed E-state index contributed by atoms with van der Waals surface area (Å²) < 4.78 is 25.6. The van der Waals surface area contributed by atoms with Gasteiger partial charge < -0.3 is 14.8 Å². The summed E-state index contributed by atoms with van der Waals surface area (Å²) in [4.78, 5) is 12.5. The number of ether oxygens (including phenoxy) is 2. The molecule has 3 aromatic rings. The van der Waals surface area contributed by atoms with Gasteiger partial charge in [-0.05, 0) is 35.4 Å². The molecular formula is C25H20BrFN2O3. The van der Waals surface area contributed by atoms with Crippen LogP contribution in [0.2, 0.25) is 0 Å². The number of halogens is 2. The van der Waals surface area contributed by atoms with Crippen LogP contribution in [0.3, 0.4) is 0 Å². The van der Waals surface area contributed by atoms with Crippen molar-refractivity contribution in [3.63, 3.8) is 0 Å². The standard InChI is InChI=1S/C25H20BrFN2O3/c1-31-23-12-19(11-20(14-28)25(30)29-15-17-7-3-2-4-8-17)21(26)13-24(23)32-16-18-9-5-6-10-22(18)27/h2-13H,15-16H2,1H3,(H,29,30)/b20-11-. The SMILES string of the molecule is COc1cc(/C=C(/C#N)C(=O)NCc2ccccc2)c(Br)cc1OCc1ccccc1F. The monoisotopic (exact) mass is 494 g/mol. The second kappa shape index (κ2) is 11.1. The number of carbonyl (C=O) groups excluding carboxylic acids is 1. The zero-order valence-electron chi connectivity index (χ0n) is 17.3. The summed E-state index contributed by atoms with van der Waals surface area (Å²) >= 11 is 3.44. The molecule has 0 aliphatic heterocycles. The van der Waals surface area contributed by atoms with Crippen LogP contribution in [-0.2, 0) is 17.9 Å². The van der Waals surface area contributed by atoms with E-state index in [4.69, 9.17) is 9.47 Å². The van der Waals surface area contributed by atoms with Crippen LogP contribution < -0.4 is 14.8 Å². The molecule has 0 aromatic heterocycles. The van der Waals surface area contributed by atoms with E-state index >= 15 is 0 Å². The van der Waals surface area contributed by atoms with Crippen molar-refractivity contribution in [1.82, 2.24) is 5.32 Å². The molecule has 0 saturated heterocycles. The second-order valence-electron chi connectivity index (χ2n) is 6.74. The molecular weight excluding hydrogens is 475 g/mol. The van der Waals surface area contributed by atoms with E-state index in [2.05, 4.69) is 21.2 Å². The van der Waals surface area contributed by atoms with Crippen LogP contribution in [0, 0.1) is 17.1 Å². The van der Waals surface area contributed by atoms with Crippen LogP contribution in [-0.4, -0.2) is 13.0 Å². The molecule has 3 aromatic carbocycles. The molecule has 0 aliphatic carbocycles. The summed E-state index contributed by atoms with van der Waals surface area (Å²) in [5, 5.41) is 12.2. The number of hydrogen-bond donors (Lipinski definition) is 1. The molecule has 0 atom stereocenters. The van der Waals surface area contributed by atoms with E-state index in [-0.39, 0.29) is 18.0 Å². The van der Waals surface area contributed by atoms with Crippen LogP contribution in [0.15, 0.2) is 76.8 Å². The van der Waals surface area contributed by atoms with Crippen molar-refractivity contribution in [3.05, 3.63) is 99.3 Å². The average molecular weight is 495 g/mol. The van der Waals surface area contributed by atoms with Gasteiger partial charge in [0, 0.05) is 16.6 Å². The summed E-state index contributed by atoms with van der Waals surface area (Å²) in [5.74, 6) is -0.0584. The van der Waals surface area contributed by atoms with E-state index in [1.165, 1.54) is 19.3 Å². The van der Waals surface area contributed by atoms with Gasteiger partial charge in [0.2, 0.25) is 0 Å². The van der Waals surface area contributed by atoms with Gasteiger partial charge in [0.15, 0.2) is 11.5 Å². The van der Waals surface area contributed by atoms with Crippen molar-refractivity contribution in [3.8, 4) is 17.6 Å². The van der Waals surface area contributed by atoms with E-state index in [0.29, 0.717) is 33.6 Å². The van der Waals surface area contributed by atoms with Gasteiger partial charge in [-0.15, -0.1) is 0 Å². The van der Waals surface area contributed by atoms with E-state index in [1.807, 2.05) is 36.4 Å². The van der Waals surface area contributed by atoms with Gasteiger partial charge in [-0.25, -0.2) is 4.39 Å². The lowest BCUT2D eigenvalue weighted by Crippen LogP contribution is -2.23. The van der Waals surface area contributed by atoms with Gasteiger partial charge in [0.25, 0.3) is 5.91 Å². The molecule has 0 unspecified atom stereocenters. The van der Waals surface area contributed by atoms with Gasteiger partial charge in [0.05, 0.1) is 7.11 Å². The Morgan fingerprint density at radius 1 is 1.12 bits per heavy atom. The Morgan fingerprint density at radius 3 is 2.53 bits per heavy atom. The highest BCUT2D eigenvalue weighted by atomic mass is 79.9. The number of nitrogens with one attached hydrogen (secondary N) is 1. The molecule has 0 aliphatic rings. The van der Waals surface area contributed by atoms with E-state index in [1.54, 1.807) is 30.3 Å². The van der Waals surface area contributed by atoms with Gasteiger partial charge >= 0.3 is 0 Å². The van der Waals surface area contributed by atoms with Gasteiger partial charge in [-0.3, -0.25) is 4.79 Å². The zero-order valence-corrected chi connectivity index (χ0v) is 18.9. The molecule has 1 N–H and O–H groups in total. The minimum absolute atomic E-state index is 0.0238. The molecule has 0 radical (unpaired) electrons. The first kappa shape index (κ1) is 23.0. The first-order valence-corrected chi connectivity index (χ1v) is 10.5. The van der Waals surface area contributed by atoms with Crippen LogP contribution in [0.4, 0.5) is 4.39 Å². The molecule has 0 bridgehead atoms. The Labute approximate surface area is 194 Å². The molecule has 7 heteroatoms. The van der Waals surface area contributed by atoms with Gasteiger partial charge in [0.1, 0.15) is 24.1 Å². The Kier molecular flexibility index (Phi) is 8.01. The predicted molar refractivity (Wildman–Crippen MR) is 123 cm³/mol. The quantitative estimate of drug-likeness (QED) is 0.336. The minimum atomic E-state index is -0.484. The van der Waals surface area contributed by atoms with Crippen LogP contribution in [0.1, 0.15) is 16.7 Å². The predicted octanol–water partition coefficient (Wildman–Crippen LogP) is 5.40. The normalized spacial score (nSPS) is 10.9. The Hall–Kier alpha value is -3.63. The summed E-state index contributed by atoms with van der Waals surface area (Å²) in [6, 6.07) is 21.0. The van der Waals surface area contributed by atoms with Crippen LogP contribution in [0.5, 0.6) is 11.5 Å². The fourth-order valence-corrected chi connectivity index (χ4v) is 3.32. The van der Waals surface area contributed by atoms with E-state index in [0.717, 1.165) is 5.56 Å². The highest BCUT2D eigenvalue weighted by molar-refractivity contribution is 9.10. The van der Waals surface area contributed by atoms with Crippen molar-refractivity contribution < 1.29 is 18.7 Å². The summed E-state index contributed by atoms with van der Waals surface area (Å²) in [6.45, 7) is 0.335. The first-order chi connectivity index (χ1) is 15.5. The molecule has 0 spiro atoms. The maximum atomic E-state index is 13.9. The molecule has 162 valence electrons. The summed E-state index contributed by atoms with van der Waals surface area (Å²) in [7, 11) is 1.48. The highest BCUT2D eigenvalue weighted by Crippen LogP contribution is 2.35. The van der Waals surface area contributed by atoms with Crippen molar-refractivity contribution in [2.75, 3.05) is 7.11 Å². The van der Waals surface area contributed by atoms with Crippen molar-refractivity contribution >= 4 is 27.9 Å². The number of benzene rings is 3. The number of hydrogen-bond acceptors (Lipinski definition) is 4. The Bertz CT molecular complexity index is 1170. The molecule has 1 amide bonds. The summed E-state index contributed by atoms with van der Waals surface area (Å²) in [6.07, 6.45) is 1.47. The molecule has 0 fully saturated rings. The second-order valence-corrected chi connectivity index (χ2v) is 7.60. The number of amides is 1. The van der Waals surface area contributed by atoms with E-state index < -0.39 is 5.91 Å². The smallest absolute Gasteiger partial charge is 0.262 e. The first-order valence-electron chi connectivity index (χ1n) is 9.69. The summed E-state index contributed by atoms with van der Waals surface area (Å²) in [5.41, 5.74) is 1.85. The lowest BCUT2D eigenvalue weighted by molar-refractivity contribution is -0.117. The fourth-order valence-electron chi connectivity index (χ4n) is 2.88. The number of rotatable bonds is 8. The molecule has 3 rings (SSSR count). The van der Waals surface area contributed by atoms with E-state index in [9.17, 15) is 14.4 Å². The largest absolute Gasteiger partial charge is 0.493 e. The topological polar surface area (TPSA) is 71.3 Å². The van der Waals surface area contributed by atoms with Crippen LogP contribution in [0.25, 0.3) is 6.08 Å². The molecule has 32 heavy (non-hydrogen) atoms. The third kappa shape index (κ3) is 5.96. The molecule has 5 nitrogen and oxygen atoms in total. The average Bonchev–Trinajstić information content (AvgIpc) is 2.82. The van der Waals surface area contributed by atoms with Crippen LogP contribution >= 0.6 is 15.9 Å². The number of nitriles is 1. The highest BCUT2D eigenvalue weighted by Gasteiger charge is 2.14. The van der Waals surface area contributed by atoms with Crippen molar-refractivity contribution in [2.45, 2.75) is 13.2 Å². The molecule has 0 saturated carbocycles. The zero-order chi connectivity index (χ0) is 22.9. The Balaban J connectivity index is 1.77. The van der Waals surface area contributed by atoms with Crippen molar-refractivity contribution in [2.24, 2.45) is 0 Å². The number of carbonyl (C=O) groups is 1. The third-order valence-electron chi connectivity index (χ3n) is 4.58. The number of methoxy groups -OCH3 is 1. The van der Waals surface area contributed by atoms with Gasteiger partial charge in [-0.1, -0.05) is 64.5 Å². The lowest BCUT2D eigenvalue weighted by Gasteiger charge is -2.13. The maximum Gasteiger partial charge on any atom is 0.262 e. The minimum Gasteiger partial charge on any atom is -0.493 e. The molecule has 0 heterocycles. The van der Waals surface area contributed by atoms with Crippen molar-refractivity contribution in [1.29, 1.82) is 5.26 Å². The fraction of sp³-hybridized carbons (Fsp3) is 0.120.